The van der Waals surface area contributed by atoms with Crippen LogP contribution in [0.15, 0.2) is 53.6 Å². The molecular formula is C27H33FN6O2. The summed E-state index contributed by atoms with van der Waals surface area (Å²) in [6.07, 6.45) is 4.49. The molecule has 0 saturated carbocycles. The van der Waals surface area contributed by atoms with Crippen LogP contribution in [0.1, 0.15) is 38.2 Å². The van der Waals surface area contributed by atoms with E-state index in [0.717, 1.165) is 17.7 Å². The molecule has 1 aromatic carbocycles. The van der Waals surface area contributed by atoms with Crippen LogP contribution in [-0.2, 0) is 9.59 Å². The van der Waals surface area contributed by atoms with E-state index in [4.69, 9.17) is 5.26 Å². The number of carbonyl (C=O) groups is 2. The Bertz CT molecular complexity index is 1140. The Labute approximate surface area is 211 Å². The van der Waals surface area contributed by atoms with Crippen molar-refractivity contribution in [1.82, 2.24) is 25.8 Å². The molecule has 3 fully saturated rings. The second-order valence-corrected chi connectivity index (χ2v) is 10.4. The summed E-state index contributed by atoms with van der Waals surface area (Å²) >= 11 is 0. The predicted octanol–water partition coefficient (Wildman–Crippen LogP) is 1.96. The highest BCUT2D eigenvalue weighted by molar-refractivity contribution is 5.92. The van der Waals surface area contributed by atoms with Crippen molar-refractivity contribution in [2.45, 2.75) is 44.2 Å². The third kappa shape index (κ3) is 4.13. The van der Waals surface area contributed by atoms with Gasteiger partial charge in [-0.2, -0.15) is 5.26 Å². The van der Waals surface area contributed by atoms with E-state index in [0.29, 0.717) is 38.4 Å². The van der Waals surface area contributed by atoms with Gasteiger partial charge >= 0.3 is 0 Å². The van der Waals surface area contributed by atoms with Crippen LogP contribution < -0.4 is 16.0 Å². The number of fused-ring (bicyclic) bond motifs is 1. The number of likely N-dealkylation sites (tertiary alicyclic amines) is 2. The highest BCUT2D eigenvalue weighted by Crippen LogP contribution is 2.45. The fourth-order valence-corrected chi connectivity index (χ4v) is 6.17. The summed E-state index contributed by atoms with van der Waals surface area (Å²) in [5.41, 5.74) is 1.61. The maximum atomic E-state index is 14.7. The fourth-order valence-electron chi connectivity index (χ4n) is 6.17. The first-order valence-electron chi connectivity index (χ1n) is 12.8. The maximum absolute atomic E-state index is 14.7. The van der Waals surface area contributed by atoms with Crippen LogP contribution in [0, 0.1) is 23.3 Å². The molecule has 1 aromatic rings. The Hall–Kier alpha value is -3.38. The van der Waals surface area contributed by atoms with Gasteiger partial charge in [0.05, 0.1) is 11.6 Å². The fraction of sp³-hybridized carbons (Fsp3) is 0.519. The van der Waals surface area contributed by atoms with Crippen molar-refractivity contribution in [2.24, 2.45) is 11.8 Å². The van der Waals surface area contributed by atoms with Crippen molar-refractivity contribution in [3.63, 3.8) is 0 Å². The summed E-state index contributed by atoms with van der Waals surface area (Å²) in [6.45, 7) is 6.48. The largest absolute Gasteiger partial charge is 0.384 e. The quantitative estimate of drug-likeness (QED) is 0.525. The van der Waals surface area contributed by atoms with E-state index < -0.39 is 5.54 Å². The number of nitrogens with one attached hydrogen (secondary N) is 3. The van der Waals surface area contributed by atoms with Gasteiger partial charge in [0.25, 0.3) is 0 Å². The molecule has 0 bridgehead atoms. The minimum absolute atomic E-state index is 0.0584. The minimum Gasteiger partial charge on any atom is -0.384 e. The molecule has 4 aliphatic rings. The van der Waals surface area contributed by atoms with Crippen LogP contribution in [0.2, 0.25) is 0 Å². The van der Waals surface area contributed by atoms with Gasteiger partial charge in [-0.05, 0) is 38.5 Å². The molecule has 0 aromatic heterocycles. The van der Waals surface area contributed by atoms with Gasteiger partial charge in [0, 0.05) is 56.2 Å². The lowest BCUT2D eigenvalue weighted by Crippen LogP contribution is -2.63. The molecular weight excluding hydrogens is 459 g/mol. The molecule has 1 aliphatic carbocycles. The third-order valence-electron chi connectivity index (χ3n) is 8.31. The molecule has 4 atom stereocenters. The van der Waals surface area contributed by atoms with Crippen LogP contribution in [0.5, 0.6) is 0 Å². The Kier molecular flexibility index (Phi) is 6.47. The van der Waals surface area contributed by atoms with Crippen LogP contribution in [0.3, 0.4) is 0 Å². The smallest absolute Gasteiger partial charge is 0.245 e. The summed E-state index contributed by atoms with van der Waals surface area (Å²) in [7, 11) is 0. The molecule has 0 radical (unpaired) electrons. The molecule has 36 heavy (non-hydrogen) atoms. The first-order chi connectivity index (χ1) is 17.3. The van der Waals surface area contributed by atoms with E-state index in [2.05, 4.69) is 39.2 Å². The molecule has 9 heteroatoms. The topological polar surface area (TPSA) is 100 Å². The summed E-state index contributed by atoms with van der Waals surface area (Å²) in [5, 5.41) is 18.5. The number of rotatable bonds is 6. The molecule has 3 N–H and O–H groups in total. The summed E-state index contributed by atoms with van der Waals surface area (Å²) in [4.78, 5) is 30.2. The van der Waals surface area contributed by atoms with E-state index in [1.807, 2.05) is 32.0 Å². The Morgan fingerprint density at radius 3 is 2.72 bits per heavy atom. The summed E-state index contributed by atoms with van der Waals surface area (Å²) in [5.74, 6) is -0.869. The highest BCUT2D eigenvalue weighted by atomic mass is 19.1. The molecule has 2 amide bonds. The highest BCUT2D eigenvalue weighted by Gasteiger charge is 2.56. The van der Waals surface area contributed by atoms with Crippen LogP contribution >= 0.6 is 0 Å². The molecule has 0 spiro atoms. The van der Waals surface area contributed by atoms with E-state index >= 15 is 0 Å². The van der Waals surface area contributed by atoms with Crippen LogP contribution in [0.25, 0.3) is 0 Å². The van der Waals surface area contributed by atoms with Gasteiger partial charge < -0.3 is 20.9 Å². The number of likely N-dealkylation sites (N-methyl/N-ethyl adjacent to an activating group) is 1. The normalized spacial score (nSPS) is 30.6. The second kappa shape index (κ2) is 9.58. The summed E-state index contributed by atoms with van der Waals surface area (Å²) in [6, 6.07) is 9.92. The monoisotopic (exact) mass is 492 g/mol. The van der Waals surface area contributed by atoms with E-state index in [1.54, 1.807) is 4.90 Å². The van der Waals surface area contributed by atoms with Crippen molar-refractivity contribution in [2.75, 3.05) is 32.7 Å². The second-order valence-electron chi connectivity index (χ2n) is 10.4. The van der Waals surface area contributed by atoms with Crippen molar-refractivity contribution in [3.05, 3.63) is 59.2 Å². The number of benzene rings is 1. The standard InChI is InChI=1S/C27H33FN6O2/c1-3-30-22-12-19(28)11-21-24(22)32-26(36)27(21,2)34-10-9-20(17-7-5-4-6-8-17)23(15-34)31-25(35)18-13-33(14-18)16-29/h4-8,12,18,20-21,23,30H,3,9-11,13-15H2,1-2H3,(H,31,35)(H,32,36)/t20-,21?,23+,27?/m1/s1. The van der Waals surface area contributed by atoms with Gasteiger partial charge in [-0.15, -0.1) is 0 Å². The number of amides is 2. The van der Waals surface area contributed by atoms with Gasteiger partial charge in [-0.25, -0.2) is 4.39 Å². The van der Waals surface area contributed by atoms with E-state index in [-0.39, 0.29) is 47.9 Å². The minimum atomic E-state index is -0.930. The Morgan fingerprint density at radius 1 is 1.28 bits per heavy atom. The van der Waals surface area contributed by atoms with Gasteiger partial charge in [-0.1, -0.05) is 30.3 Å². The van der Waals surface area contributed by atoms with Crippen molar-refractivity contribution in [3.8, 4) is 6.19 Å². The number of halogens is 1. The number of hydrogen-bond acceptors (Lipinski definition) is 6. The van der Waals surface area contributed by atoms with Gasteiger partial charge in [-0.3, -0.25) is 14.5 Å². The first-order valence-corrected chi connectivity index (χ1v) is 12.8. The average molecular weight is 493 g/mol. The molecule has 3 saturated heterocycles. The molecule has 190 valence electrons. The SMILES string of the molecule is CCNC1=C2NC(=O)C(C)(N3CC[C@H](c4ccccc4)[C@@H](NC(=O)C4CN(C#N)C4)C3)C2CC(F)=C1. The molecule has 3 aliphatic heterocycles. The zero-order valence-electron chi connectivity index (χ0n) is 20.8. The zero-order valence-corrected chi connectivity index (χ0v) is 20.8. The molecule has 5 rings (SSSR count). The van der Waals surface area contributed by atoms with Crippen molar-refractivity contribution in [1.29, 1.82) is 5.26 Å². The number of allylic oxidation sites excluding steroid dienone is 2. The Balaban J connectivity index is 1.41. The molecule has 8 nitrogen and oxygen atoms in total. The van der Waals surface area contributed by atoms with E-state index in [1.165, 1.54) is 6.08 Å². The molecule has 2 unspecified atom stereocenters. The lowest BCUT2D eigenvalue weighted by Gasteiger charge is -2.48. The Morgan fingerprint density at radius 2 is 2.03 bits per heavy atom. The number of nitrogens with zero attached hydrogens (tertiary/aromatic N) is 3. The van der Waals surface area contributed by atoms with Gasteiger partial charge in [0.15, 0.2) is 6.19 Å². The first kappa shape index (κ1) is 24.3. The van der Waals surface area contributed by atoms with Gasteiger partial charge in [0.1, 0.15) is 11.4 Å². The third-order valence-corrected chi connectivity index (χ3v) is 8.31. The number of carbonyl (C=O) groups excluding carboxylic acids is 2. The number of piperidine rings is 1. The van der Waals surface area contributed by atoms with Gasteiger partial charge in [0.2, 0.25) is 11.8 Å². The number of hydrogen-bond donors (Lipinski definition) is 3. The number of nitriles is 1. The maximum Gasteiger partial charge on any atom is 0.245 e. The van der Waals surface area contributed by atoms with E-state index in [9.17, 15) is 14.0 Å². The lowest BCUT2D eigenvalue weighted by molar-refractivity contribution is -0.133. The summed E-state index contributed by atoms with van der Waals surface area (Å²) < 4.78 is 14.7. The predicted molar refractivity (Wildman–Crippen MR) is 133 cm³/mol. The van der Waals surface area contributed by atoms with Crippen molar-refractivity contribution >= 4 is 11.8 Å². The average Bonchev–Trinajstić information content (AvgIpc) is 3.10. The zero-order chi connectivity index (χ0) is 25.4. The molecule has 3 heterocycles. The lowest BCUT2D eigenvalue weighted by atomic mass is 9.76. The van der Waals surface area contributed by atoms with Crippen LogP contribution in [-0.4, -0.2) is 65.9 Å². The van der Waals surface area contributed by atoms with Crippen LogP contribution in [0.4, 0.5) is 4.39 Å². The van der Waals surface area contributed by atoms with Crippen molar-refractivity contribution < 1.29 is 14.0 Å².